The molecule has 0 amide bonds. The summed E-state index contributed by atoms with van der Waals surface area (Å²) in [4.78, 5) is 10.2. The quantitative estimate of drug-likeness (QED) is 0.846. The summed E-state index contributed by atoms with van der Waals surface area (Å²) in [7, 11) is 3.63. The number of aryl methyl sites for hydroxylation is 1. The fraction of sp³-hybridized carbons (Fsp3) is 0.417. The summed E-state index contributed by atoms with van der Waals surface area (Å²) in [6.07, 6.45) is 4.87. The minimum atomic E-state index is -0.348. The van der Waals surface area contributed by atoms with Crippen LogP contribution in [0.5, 0.6) is 0 Å². The van der Waals surface area contributed by atoms with Crippen molar-refractivity contribution in [2.75, 3.05) is 25.1 Å². The van der Waals surface area contributed by atoms with Crippen molar-refractivity contribution >= 4 is 17.4 Å². The van der Waals surface area contributed by atoms with E-state index in [1.54, 1.807) is 19.5 Å². The first-order valence-corrected chi connectivity index (χ1v) is 6.28. The first-order valence-electron chi connectivity index (χ1n) is 5.90. The third-order valence-electron chi connectivity index (χ3n) is 3.52. The number of rotatable bonds is 3. The molecule has 1 aliphatic heterocycles. The van der Waals surface area contributed by atoms with Gasteiger partial charge in [0.2, 0.25) is 0 Å². The van der Waals surface area contributed by atoms with Crippen LogP contribution in [0.25, 0.3) is 0 Å². The molecule has 0 spiro atoms. The van der Waals surface area contributed by atoms with Gasteiger partial charge >= 0.3 is 0 Å². The van der Waals surface area contributed by atoms with Gasteiger partial charge in [0.1, 0.15) is 17.0 Å². The standard InChI is InChI=1S/C12H14ClN5O/c1-17-10(3-4-16-17)12(19-2)6-18(7-12)11-9(13)5-14-8-15-11/h3-5,8H,6-7H2,1-2H3. The Labute approximate surface area is 116 Å². The van der Waals surface area contributed by atoms with Gasteiger partial charge in [-0.2, -0.15) is 5.10 Å². The molecule has 0 N–H and O–H groups in total. The molecule has 100 valence electrons. The van der Waals surface area contributed by atoms with Crippen LogP contribution in [0.3, 0.4) is 0 Å². The zero-order valence-corrected chi connectivity index (χ0v) is 11.5. The van der Waals surface area contributed by atoms with Gasteiger partial charge in [0.05, 0.1) is 25.0 Å². The van der Waals surface area contributed by atoms with Gasteiger partial charge in [-0.15, -0.1) is 0 Å². The molecular weight excluding hydrogens is 266 g/mol. The molecule has 0 saturated carbocycles. The van der Waals surface area contributed by atoms with Crippen LogP contribution in [-0.4, -0.2) is 39.9 Å². The van der Waals surface area contributed by atoms with Crippen molar-refractivity contribution in [3.63, 3.8) is 0 Å². The third-order valence-corrected chi connectivity index (χ3v) is 3.79. The zero-order valence-electron chi connectivity index (χ0n) is 10.7. The monoisotopic (exact) mass is 279 g/mol. The van der Waals surface area contributed by atoms with E-state index >= 15 is 0 Å². The highest BCUT2D eigenvalue weighted by atomic mass is 35.5. The van der Waals surface area contributed by atoms with Crippen molar-refractivity contribution in [1.29, 1.82) is 0 Å². The highest BCUT2D eigenvalue weighted by Gasteiger charge is 2.47. The predicted molar refractivity (Wildman–Crippen MR) is 71.2 cm³/mol. The fourth-order valence-electron chi connectivity index (χ4n) is 2.48. The predicted octanol–water partition coefficient (Wildman–Crippen LogP) is 1.23. The second-order valence-corrected chi connectivity index (χ2v) is 5.00. The Morgan fingerprint density at radius 2 is 2.21 bits per heavy atom. The van der Waals surface area contributed by atoms with Crippen molar-refractivity contribution in [3.8, 4) is 0 Å². The molecule has 2 aromatic heterocycles. The van der Waals surface area contributed by atoms with E-state index in [1.807, 2.05) is 17.8 Å². The summed E-state index contributed by atoms with van der Waals surface area (Å²) in [5.74, 6) is 0.742. The summed E-state index contributed by atoms with van der Waals surface area (Å²) in [6, 6.07) is 1.97. The van der Waals surface area contributed by atoms with Gasteiger partial charge in [-0.05, 0) is 6.07 Å². The van der Waals surface area contributed by atoms with E-state index in [2.05, 4.69) is 20.0 Å². The van der Waals surface area contributed by atoms with E-state index < -0.39 is 0 Å². The number of hydrogen-bond acceptors (Lipinski definition) is 5. The van der Waals surface area contributed by atoms with Gasteiger partial charge in [0.15, 0.2) is 5.82 Å². The molecule has 1 fully saturated rings. The molecule has 19 heavy (non-hydrogen) atoms. The minimum absolute atomic E-state index is 0.348. The van der Waals surface area contributed by atoms with Gasteiger partial charge in [-0.3, -0.25) is 4.68 Å². The summed E-state index contributed by atoms with van der Waals surface area (Å²) >= 11 is 6.10. The number of nitrogens with zero attached hydrogens (tertiary/aromatic N) is 5. The first kappa shape index (κ1) is 12.4. The molecule has 1 saturated heterocycles. The second kappa shape index (κ2) is 4.47. The van der Waals surface area contributed by atoms with Crippen LogP contribution in [0.15, 0.2) is 24.8 Å². The molecule has 1 aliphatic rings. The van der Waals surface area contributed by atoms with E-state index in [-0.39, 0.29) is 5.60 Å². The van der Waals surface area contributed by atoms with Crippen molar-refractivity contribution in [2.45, 2.75) is 5.60 Å². The lowest BCUT2D eigenvalue weighted by molar-refractivity contribution is -0.0447. The van der Waals surface area contributed by atoms with Crippen LogP contribution in [0.4, 0.5) is 5.82 Å². The first-order chi connectivity index (χ1) is 9.16. The number of aromatic nitrogens is 4. The number of anilines is 1. The van der Waals surface area contributed by atoms with Gasteiger partial charge in [-0.1, -0.05) is 11.6 Å². The molecule has 0 bridgehead atoms. The summed E-state index contributed by atoms with van der Waals surface area (Å²) in [5, 5.41) is 4.75. The van der Waals surface area contributed by atoms with Gasteiger partial charge < -0.3 is 9.64 Å². The smallest absolute Gasteiger partial charge is 0.151 e. The number of halogens is 1. The van der Waals surface area contributed by atoms with Gasteiger partial charge in [0.25, 0.3) is 0 Å². The number of ether oxygens (including phenoxy) is 1. The molecule has 0 aliphatic carbocycles. The molecule has 0 atom stereocenters. The maximum absolute atomic E-state index is 6.10. The lowest BCUT2D eigenvalue weighted by atomic mass is 9.90. The molecular formula is C12H14ClN5O. The van der Waals surface area contributed by atoms with Crippen LogP contribution in [0.1, 0.15) is 5.69 Å². The molecule has 7 heteroatoms. The molecule has 0 aromatic carbocycles. The van der Waals surface area contributed by atoms with E-state index in [0.717, 1.165) is 11.5 Å². The van der Waals surface area contributed by atoms with E-state index in [0.29, 0.717) is 18.1 Å². The SMILES string of the molecule is COC1(c2ccnn2C)CN(c2ncncc2Cl)C1. The topological polar surface area (TPSA) is 56.1 Å². The minimum Gasteiger partial charge on any atom is -0.368 e. The van der Waals surface area contributed by atoms with Crippen molar-refractivity contribution in [3.05, 3.63) is 35.5 Å². The highest BCUT2D eigenvalue weighted by Crippen LogP contribution is 2.38. The molecule has 0 unspecified atom stereocenters. The van der Waals surface area contributed by atoms with Gasteiger partial charge in [0, 0.05) is 20.4 Å². The number of hydrogen-bond donors (Lipinski definition) is 0. The van der Waals surface area contributed by atoms with Crippen LogP contribution in [0, 0.1) is 0 Å². The average Bonchev–Trinajstić information content (AvgIpc) is 2.78. The maximum Gasteiger partial charge on any atom is 0.151 e. The van der Waals surface area contributed by atoms with E-state index in [9.17, 15) is 0 Å². The summed E-state index contributed by atoms with van der Waals surface area (Å²) in [6.45, 7) is 1.39. The summed E-state index contributed by atoms with van der Waals surface area (Å²) in [5.41, 5.74) is 0.705. The van der Waals surface area contributed by atoms with Crippen molar-refractivity contribution < 1.29 is 4.74 Å². The van der Waals surface area contributed by atoms with E-state index in [4.69, 9.17) is 16.3 Å². The Kier molecular flexibility index (Phi) is 2.91. The molecule has 2 aromatic rings. The Balaban J connectivity index is 1.85. The largest absolute Gasteiger partial charge is 0.368 e. The molecule has 6 nitrogen and oxygen atoms in total. The Morgan fingerprint density at radius 1 is 1.42 bits per heavy atom. The highest BCUT2D eigenvalue weighted by molar-refractivity contribution is 6.32. The Hall–Kier alpha value is -1.66. The van der Waals surface area contributed by atoms with Gasteiger partial charge in [-0.25, -0.2) is 9.97 Å². The van der Waals surface area contributed by atoms with Crippen LogP contribution in [0.2, 0.25) is 5.02 Å². The van der Waals surface area contributed by atoms with Crippen LogP contribution in [-0.2, 0) is 17.4 Å². The normalized spacial score (nSPS) is 17.3. The lowest BCUT2D eigenvalue weighted by Crippen LogP contribution is -2.61. The Morgan fingerprint density at radius 3 is 2.79 bits per heavy atom. The molecule has 0 radical (unpaired) electrons. The lowest BCUT2D eigenvalue weighted by Gasteiger charge is -2.49. The number of methoxy groups -OCH3 is 1. The zero-order chi connectivity index (χ0) is 13.5. The molecule has 3 rings (SSSR count). The Bertz CT molecular complexity index is 593. The second-order valence-electron chi connectivity index (χ2n) is 4.59. The average molecular weight is 280 g/mol. The fourth-order valence-corrected chi connectivity index (χ4v) is 2.70. The summed E-state index contributed by atoms with van der Waals surface area (Å²) < 4.78 is 7.54. The van der Waals surface area contributed by atoms with Crippen LogP contribution >= 0.6 is 11.6 Å². The maximum atomic E-state index is 6.10. The third kappa shape index (κ3) is 1.87. The van der Waals surface area contributed by atoms with Crippen molar-refractivity contribution in [1.82, 2.24) is 19.7 Å². The van der Waals surface area contributed by atoms with Crippen molar-refractivity contribution in [2.24, 2.45) is 7.05 Å². The van der Waals surface area contributed by atoms with Crippen LogP contribution < -0.4 is 4.90 Å². The molecule has 3 heterocycles. The van der Waals surface area contributed by atoms with E-state index in [1.165, 1.54) is 6.33 Å².